The van der Waals surface area contributed by atoms with Gasteiger partial charge in [0.05, 0.1) is 17.6 Å². The largest absolute Gasteiger partial charge is 0.511 e. The molecule has 2 aromatic rings. The number of fused-ring (bicyclic) bond motifs is 1. The number of nitrogens with one attached hydrogen (secondary N) is 1. The summed E-state index contributed by atoms with van der Waals surface area (Å²) in [5.74, 6) is -3.19. The molecule has 0 aliphatic heterocycles. The van der Waals surface area contributed by atoms with Crippen molar-refractivity contribution in [1.29, 1.82) is 0 Å². The van der Waals surface area contributed by atoms with Gasteiger partial charge in [-0.05, 0) is 6.07 Å². The van der Waals surface area contributed by atoms with Gasteiger partial charge in [0.25, 0.3) is 0 Å². The molecule has 1 heterocycles. The molecule has 0 radical (unpaired) electrons. The summed E-state index contributed by atoms with van der Waals surface area (Å²) >= 11 is 0. The van der Waals surface area contributed by atoms with Gasteiger partial charge < -0.3 is 14.8 Å². The molecule has 8 heteroatoms. The molecular formula is C14H12F3NO4. The molecule has 118 valence electrons. The molecule has 0 fully saturated rings. The fraction of sp³-hybridized carbons (Fsp3) is 0.286. The summed E-state index contributed by atoms with van der Waals surface area (Å²) in [5.41, 5.74) is -2.76. The minimum absolute atomic E-state index is 0.107. The third-order valence-corrected chi connectivity index (χ3v) is 3.24. The number of aromatic amines is 1. The molecule has 2 N–H and O–H groups in total. The molecule has 0 saturated heterocycles. The maximum Gasteiger partial charge on any atom is 0.511 e. The molecule has 0 saturated carbocycles. The molecule has 22 heavy (non-hydrogen) atoms. The molecule has 0 spiro atoms. The van der Waals surface area contributed by atoms with Crippen LogP contribution in [0.25, 0.3) is 10.9 Å². The number of aromatic nitrogens is 1. The zero-order chi connectivity index (χ0) is 16.7. The molecule has 0 amide bonds. The van der Waals surface area contributed by atoms with Crippen LogP contribution in [0.5, 0.6) is 5.75 Å². The highest BCUT2D eigenvalue weighted by Crippen LogP contribution is 2.33. The number of pyridine rings is 1. The first-order chi connectivity index (χ1) is 10.2. The zero-order valence-corrected chi connectivity index (χ0v) is 11.7. The van der Waals surface area contributed by atoms with Crippen molar-refractivity contribution in [2.24, 2.45) is 0 Å². The van der Waals surface area contributed by atoms with Crippen LogP contribution in [-0.4, -0.2) is 22.9 Å². The topological polar surface area (TPSA) is 79.4 Å². The SMILES string of the molecule is CC(C)(CF)c1c(F)c(F)cc2c(=O)c(OC(=O)O)c[nH]c12. The minimum Gasteiger partial charge on any atom is -0.449 e. The van der Waals surface area contributed by atoms with E-state index in [-0.39, 0.29) is 16.5 Å². The van der Waals surface area contributed by atoms with Gasteiger partial charge in [0.2, 0.25) is 5.43 Å². The number of benzene rings is 1. The quantitative estimate of drug-likeness (QED) is 0.853. The van der Waals surface area contributed by atoms with Crippen molar-refractivity contribution in [3.63, 3.8) is 0 Å². The Morgan fingerprint density at radius 3 is 2.59 bits per heavy atom. The van der Waals surface area contributed by atoms with E-state index in [1.54, 1.807) is 0 Å². The molecular weight excluding hydrogens is 303 g/mol. The number of rotatable bonds is 3. The lowest BCUT2D eigenvalue weighted by atomic mass is 9.84. The van der Waals surface area contributed by atoms with Crippen LogP contribution < -0.4 is 10.2 Å². The van der Waals surface area contributed by atoms with E-state index < -0.39 is 41.1 Å². The van der Waals surface area contributed by atoms with E-state index in [4.69, 9.17) is 5.11 Å². The first-order valence-corrected chi connectivity index (χ1v) is 6.19. The highest BCUT2D eigenvalue weighted by molar-refractivity contribution is 5.84. The lowest BCUT2D eigenvalue weighted by Crippen LogP contribution is -2.24. The maximum absolute atomic E-state index is 14.1. The molecule has 0 aliphatic carbocycles. The Morgan fingerprint density at radius 2 is 2.05 bits per heavy atom. The number of carboxylic acid groups (broad SMARTS) is 1. The van der Waals surface area contributed by atoms with Gasteiger partial charge in [0, 0.05) is 17.2 Å². The van der Waals surface area contributed by atoms with Crippen LogP contribution in [0.4, 0.5) is 18.0 Å². The zero-order valence-electron chi connectivity index (χ0n) is 11.7. The monoisotopic (exact) mass is 315 g/mol. The van der Waals surface area contributed by atoms with Gasteiger partial charge >= 0.3 is 6.16 Å². The Labute approximate surface area is 122 Å². The van der Waals surface area contributed by atoms with Gasteiger partial charge in [0.15, 0.2) is 17.4 Å². The molecule has 0 aliphatic rings. The van der Waals surface area contributed by atoms with Crippen LogP contribution in [0, 0.1) is 11.6 Å². The van der Waals surface area contributed by atoms with E-state index in [0.717, 1.165) is 6.20 Å². The third-order valence-electron chi connectivity index (χ3n) is 3.24. The average molecular weight is 315 g/mol. The second-order valence-corrected chi connectivity index (χ2v) is 5.34. The van der Waals surface area contributed by atoms with Crippen LogP contribution in [0.15, 0.2) is 17.1 Å². The van der Waals surface area contributed by atoms with E-state index in [1.807, 2.05) is 0 Å². The third kappa shape index (κ3) is 2.51. The van der Waals surface area contributed by atoms with Gasteiger partial charge in [0.1, 0.15) is 0 Å². The Morgan fingerprint density at radius 1 is 1.41 bits per heavy atom. The first-order valence-electron chi connectivity index (χ1n) is 6.19. The Hall–Kier alpha value is -2.51. The summed E-state index contributed by atoms with van der Waals surface area (Å²) in [5, 5.41) is 8.20. The van der Waals surface area contributed by atoms with Crippen molar-refractivity contribution in [2.45, 2.75) is 19.3 Å². The van der Waals surface area contributed by atoms with Crippen LogP contribution >= 0.6 is 0 Å². The minimum atomic E-state index is -1.73. The Bertz CT molecular complexity index is 814. The number of carbonyl (C=O) groups is 1. The van der Waals surface area contributed by atoms with Gasteiger partial charge in [-0.3, -0.25) is 9.18 Å². The molecule has 5 nitrogen and oxygen atoms in total. The van der Waals surface area contributed by atoms with Gasteiger partial charge in [-0.1, -0.05) is 13.8 Å². The number of hydrogen-bond donors (Lipinski definition) is 2. The average Bonchev–Trinajstić information content (AvgIpc) is 2.43. The van der Waals surface area contributed by atoms with Crippen molar-refractivity contribution in [3.05, 3.63) is 39.7 Å². The summed E-state index contributed by atoms with van der Waals surface area (Å²) in [7, 11) is 0. The van der Waals surface area contributed by atoms with Crippen LogP contribution in [-0.2, 0) is 5.41 Å². The summed E-state index contributed by atoms with van der Waals surface area (Å²) in [6.45, 7) is 1.71. The predicted octanol–water partition coefficient (Wildman–Crippen LogP) is 3.11. The smallest absolute Gasteiger partial charge is 0.449 e. The van der Waals surface area contributed by atoms with E-state index in [1.165, 1.54) is 13.8 Å². The van der Waals surface area contributed by atoms with Gasteiger partial charge in [-0.15, -0.1) is 0 Å². The second kappa shape index (κ2) is 5.36. The summed E-state index contributed by atoms with van der Waals surface area (Å²) in [6, 6.07) is 0.621. The van der Waals surface area contributed by atoms with Gasteiger partial charge in [-0.25, -0.2) is 13.6 Å². The lowest BCUT2D eigenvalue weighted by molar-refractivity contribution is 0.144. The van der Waals surface area contributed by atoms with E-state index in [0.29, 0.717) is 6.07 Å². The number of alkyl halides is 1. The van der Waals surface area contributed by atoms with Crippen molar-refractivity contribution in [3.8, 4) is 5.75 Å². The Kier molecular flexibility index (Phi) is 3.87. The van der Waals surface area contributed by atoms with Crippen molar-refractivity contribution >= 4 is 17.1 Å². The van der Waals surface area contributed by atoms with E-state index in [9.17, 15) is 22.8 Å². The number of ether oxygens (including phenoxy) is 1. The highest BCUT2D eigenvalue weighted by Gasteiger charge is 2.30. The van der Waals surface area contributed by atoms with E-state index >= 15 is 0 Å². The number of hydrogen-bond acceptors (Lipinski definition) is 3. The van der Waals surface area contributed by atoms with Crippen LogP contribution in [0.2, 0.25) is 0 Å². The Balaban J connectivity index is 2.88. The molecule has 2 rings (SSSR count). The summed E-state index contributed by atoms with van der Waals surface area (Å²) in [6.07, 6.45) is -0.815. The first kappa shape index (κ1) is 15.9. The fourth-order valence-corrected chi connectivity index (χ4v) is 2.16. The fourth-order valence-electron chi connectivity index (χ4n) is 2.16. The number of H-pyrrole nitrogens is 1. The molecule has 0 bridgehead atoms. The highest BCUT2D eigenvalue weighted by atomic mass is 19.2. The van der Waals surface area contributed by atoms with Crippen molar-refractivity contribution in [2.75, 3.05) is 6.67 Å². The molecule has 0 atom stereocenters. The normalized spacial score (nSPS) is 11.7. The van der Waals surface area contributed by atoms with Crippen LogP contribution in [0.3, 0.4) is 0 Å². The lowest BCUT2D eigenvalue weighted by Gasteiger charge is -2.23. The molecule has 0 unspecified atom stereocenters. The molecule has 1 aromatic heterocycles. The van der Waals surface area contributed by atoms with Crippen molar-refractivity contribution < 1.29 is 27.8 Å². The standard InChI is InChI=1S/C14H12F3NO4/c1-14(2,5-15)9-10(17)7(16)3-6-11(9)18-4-8(12(6)19)22-13(20)21/h3-4H,5H2,1-2H3,(H,18,19)(H,20,21). The van der Waals surface area contributed by atoms with Crippen molar-refractivity contribution in [1.82, 2.24) is 4.98 Å². The van der Waals surface area contributed by atoms with Crippen LogP contribution in [0.1, 0.15) is 19.4 Å². The maximum atomic E-state index is 14.1. The predicted molar refractivity (Wildman–Crippen MR) is 72.1 cm³/mol. The molecule has 1 aromatic carbocycles. The van der Waals surface area contributed by atoms with E-state index in [2.05, 4.69) is 9.72 Å². The number of halogens is 3. The van der Waals surface area contributed by atoms with Gasteiger partial charge in [-0.2, -0.15) is 0 Å². The second-order valence-electron chi connectivity index (χ2n) is 5.34. The summed E-state index contributed by atoms with van der Waals surface area (Å²) in [4.78, 5) is 25.1. The summed E-state index contributed by atoms with van der Waals surface area (Å²) < 4.78 is 45.2.